The zero-order chi connectivity index (χ0) is 13.1. The normalized spacial score (nSPS) is 47.2. The van der Waals surface area contributed by atoms with Gasteiger partial charge in [-0.2, -0.15) is 0 Å². The fourth-order valence-electron chi connectivity index (χ4n) is 3.98. The van der Waals surface area contributed by atoms with Crippen LogP contribution in [0.5, 0.6) is 0 Å². The van der Waals surface area contributed by atoms with Gasteiger partial charge in [0.05, 0.1) is 18.8 Å². The minimum Gasteiger partial charge on any atom is -0.465 e. The molecule has 0 aromatic rings. The molecule has 0 heterocycles. The third kappa shape index (κ3) is 1.13. The second-order valence-electron chi connectivity index (χ2n) is 6.12. The maximum atomic E-state index is 12.2. The SMILES string of the molecule is CCOC(=O)[C@@]12CC[C@@](C)([C@@H](O)[C@H]1O)C2(C)C. The summed E-state index contributed by atoms with van der Waals surface area (Å²) in [7, 11) is 0. The van der Waals surface area contributed by atoms with E-state index in [1.807, 2.05) is 20.8 Å². The molecule has 2 aliphatic rings. The van der Waals surface area contributed by atoms with Crippen molar-refractivity contribution < 1.29 is 19.7 Å². The first-order chi connectivity index (χ1) is 7.75. The van der Waals surface area contributed by atoms with E-state index in [9.17, 15) is 15.0 Å². The van der Waals surface area contributed by atoms with Crippen LogP contribution < -0.4 is 0 Å². The molecule has 0 aliphatic heterocycles. The Morgan fingerprint density at radius 3 is 2.24 bits per heavy atom. The minimum atomic E-state index is -1.02. The molecule has 4 atom stereocenters. The highest BCUT2D eigenvalue weighted by Gasteiger charge is 2.77. The van der Waals surface area contributed by atoms with E-state index in [-0.39, 0.29) is 5.97 Å². The number of esters is 1. The first-order valence-corrected chi connectivity index (χ1v) is 6.29. The Morgan fingerprint density at radius 2 is 1.82 bits per heavy atom. The van der Waals surface area contributed by atoms with Crippen LogP contribution in [0, 0.1) is 16.2 Å². The van der Waals surface area contributed by atoms with Crippen molar-refractivity contribution in [3.8, 4) is 0 Å². The van der Waals surface area contributed by atoms with Gasteiger partial charge in [0, 0.05) is 5.41 Å². The molecular formula is C13H22O4. The molecule has 0 amide bonds. The smallest absolute Gasteiger partial charge is 0.315 e. The molecule has 0 unspecified atom stereocenters. The molecule has 2 bridgehead atoms. The molecule has 98 valence electrons. The number of carbonyl (C=O) groups excluding carboxylic acids is 1. The van der Waals surface area contributed by atoms with Gasteiger partial charge in [-0.25, -0.2) is 0 Å². The van der Waals surface area contributed by atoms with Crippen molar-refractivity contribution in [2.75, 3.05) is 6.61 Å². The molecule has 0 radical (unpaired) electrons. The van der Waals surface area contributed by atoms with Gasteiger partial charge in [-0.3, -0.25) is 4.79 Å². The summed E-state index contributed by atoms with van der Waals surface area (Å²) < 4.78 is 5.14. The monoisotopic (exact) mass is 242 g/mol. The van der Waals surface area contributed by atoms with E-state index in [4.69, 9.17) is 4.74 Å². The third-order valence-electron chi connectivity index (χ3n) is 5.68. The molecule has 0 aromatic heterocycles. The maximum Gasteiger partial charge on any atom is 0.315 e. The van der Waals surface area contributed by atoms with Crippen molar-refractivity contribution in [3.05, 3.63) is 0 Å². The number of hydrogen-bond acceptors (Lipinski definition) is 4. The second-order valence-corrected chi connectivity index (χ2v) is 6.12. The van der Waals surface area contributed by atoms with Crippen molar-refractivity contribution in [2.45, 2.75) is 52.7 Å². The van der Waals surface area contributed by atoms with E-state index >= 15 is 0 Å². The van der Waals surface area contributed by atoms with E-state index < -0.39 is 28.5 Å². The molecule has 2 aliphatic carbocycles. The third-order valence-corrected chi connectivity index (χ3v) is 5.68. The van der Waals surface area contributed by atoms with E-state index in [0.29, 0.717) is 13.0 Å². The average molecular weight is 242 g/mol. The summed E-state index contributed by atoms with van der Waals surface area (Å²) in [5, 5.41) is 20.5. The highest BCUT2D eigenvalue weighted by Crippen LogP contribution is 2.72. The summed E-state index contributed by atoms with van der Waals surface area (Å²) in [6, 6.07) is 0. The van der Waals surface area contributed by atoms with E-state index in [0.717, 1.165) is 6.42 Å². The lowest BCUT2D eigenvalue weighted by molar-refractivity contribution is -0.171. The fraction of sp³-hybridized carbons (Fsp3) is 0.923. The number of aliphatic hydroxyl groups is 2. The van der Waals surface area contributed by atoms with Crippen molar-refractivity contribution in [1.82, 2.24) is 0 Å². The molecule has 4 heteroatoms. The Morgan fingerprint density at radius 1 is 1.24 bits per heavy atom. The van der Waals surface area contributed by atoms with E-state index in [2.05, 4.69) is 0 Å². The van der Waals surface area contributed by atoms with Gasteiger partial charge in [-0.1, -0.05) is 20.8 Å². The number of hydrogen-bond donors (Lipinski definition) is 2. The highest BCUT2D eigenvalue weighted by molar-refractivity contribution is 5.81. The molecule has 0 aromatic carbocycles. The van der Waals surface area contributed by atoms with Crippen LogP contribution in [0.4, 0.5) is 0 Å². The lowest BCUT2D eigenvalue weighted by atomic mass is 9.64. The number of aliphatic hydroxyl groups excluding tert-OH is 2. The molecule has 2 saturated carbocycles. The van der Waals surface area contributed by atoms with Gasteiger partial charge in [0.15, 0.2) is 0 Å². The number of fused-ring (bicyclic) bond motifs is 2. The molecule has 0 saturated heterocycles. The van der Waals surface area contributed by atoms with Crippen LogP contribution in [0.25, 0.3) is 0 Å². The van der Waals surface area contributed by atoms with Crippen molar-refractivity contribution in [2.24, 2.45) is 16.2 Å². The van der Waals surface area contributed by atoms with Crippen LogP contribution >= 0.6 is 0 Å². The summed E-state index contributed by atoms with van der Waals surface area (Å²) in [6.07, 6.45) is -0.532. The van der Waals surface area contributed by atoms with Crippen LogP contribution in [-0.4, -0.2) is 35.0 Å². The summed E-state index contributed by atoms with van der Waals surface area (Å²) >= 11 is 0. The molecule has 4 nitrogen and oxygen atoms in total. The first kappa shape index (κ1) is 12.8. The van der Waals surface area contributed by atoms with Crippen molar-refractivity contribution in [1.29, 1.82) is 0 Å². The van der Waals surface area contributed by atoms with Gasteiger partial charge in [-0.05, 0) is 25.2 Å². The van der Waals surface area contributed by atoms with Crippen molar-refractivity contribution >= 4 is 5.97 Å². The number of carbonyl (C=O) groups is 1. The van der Waals surface area contributed by atoms with E-state index in [1.54, 1.807) is 6.92 Å². The lowest BCUT2D eigenvalue weighted by Crippen LogP contribution is -2.49. The maximum absolute atomic E-state index is 12.2. The molecule has 17 heavy (non-hydrogen) atoms. The Kier molecular flexibility index (Phi) is 2.61. The van der Waals surface area contributed by atoms with Gasteiger partial charge in [0.25, 0.3) is 0 Å². The standard InChI is InChI=1S/C13H22O4/c1-5-17-10(16)13-7-6-12(4,11(13,2)3)8(14)9(13)15/h8-9,14-15H,5-7H2,1-4H3/t8-,9+,12-,13+/m0/s1. The zero-order valence-corrected chi connectivity index (χ0v) is 11.0. The van der Waals surface area contributed by atoms with Crippen LogP contribution in [0.3, 0.4) is 0 Å². The van der Waals surface area contributed by atoms with Gasteiger partial charge in [-0.15, -0.1) is 0 Å². The predicted octanol–water partition coefficient (Wildman–Crippen LogP) is 1.10. The first-order valence-electron chi connectivity index (χ1n) is 6.29. The van der Waals surface area contributed by atoms with Gasteiger partial charge < -0.3 is 14.9 Å². The Bertz CT molecular complexity index is 351. The fourth-order valence-corrected chi connectivity index (χ4v) is 3.98. The van der Waals surface area contributed by atoms with Crippen LogP contribution in [0.2, 0.25) is 0 Å². The summed E-state index contributed by atoms with van der Waals surface area (Å²) in [5.41, 5.74) is -1.82. The van der Waals surface area contributed by atoms with Gasteiger partial charge in [0.2, 0.25) is 0 Å². The summed E-state index contributed by atoms with van der Waals surface area (Å²) in [6.45, 7) is 7.92. The highest BCUT2D eigenvalue weighted by atomic mass is 16.5. The minimum absolute atomic E-state index is 0.302. The molecule has 2 N–H and O–H groups in total. The van der Waals surface area contributed by atoms with E-state index in [1.165, 1.54) is 0 Å². The van der Waals surface area contributed by atoms with Gasteiger partial charge >= 0.3 is 5.97 Å². The molecular weight excluding hydrogens is 220 g/mol. The molecule has 2 rings (SSSR count). The quantitative estimate of drug-likeness (QED) is 0.712. The topological polar surface area (TPSA) is 66.8 Å². The summed E-state index contributed by atoms with van der Waals surface area (Å²) in [5.74, 6) is -0.363. The zero-order valence-electron chi connectivity index (χ0n) is 11.0. The number of rotatable bonds is 2. The predicted molar refractivity (Wildman–Crippen MR) is 62.2 cm³/mol. The lowest BCUT2D eigenvalue weighted by Gasteiger charge is -2.39. The van der Waals surface area contributed by atoms with Crippen LogP contribution in [-0.2, 0) is 9.53 Å². The Balaban J connectivity index is 2.50. The van der Waals surface area contributed by atoms with Crippen LogP contribution in [0.15, 0.2) is 0 Å². The second kappa shape index (κ2) is 3.45. The van der Waals surface area contributed by atoms with Gasteiger partial charge in [0.1, 0.15) is 5.41 Å². The molecule has 2 fully saturated rings. The van der Waals surface area contributed by atoms with Crippen molar-refractivity contribution in [3.63, 3.8) is 0 Å². The Labute approximate surface area is 102 Å². The largest absolute Gasteiger partial charge is 0.465 e. The van der Waals surface area contributed by atoms with Crippen LogP contribution in [0.1, 0.15) is 40.5 Å². The average Bonchev–Trinajstić information content (AvgIpc) is 2.52. The number of ether oxygens (including phenoxy) is 1. The summed E-state index contributed by atoms with van der Waals surface area (Å²) in [4.78, 5) is 12.2. The molecule has 0 spiro atoms. The Hall–Kier alpha value is -0.610.